The number of aliphatic hydroxyl groups is 1. The van der Waals surface area contributed by atoms with Crippen LogP contribution >= 0.6 is 0 Å². The Morgan fingerprint density at radius 3 is 2.86 bits per heavy atom. The fraction of sp³-hybridized carbons (Fsp3) is 0.429. The highest BCUT2D eigenvalue weighted by molar-refractivity contribution is 6.00. The zero-order valence-corrected chi connectivity index (χ0v) is 7.51. The molecule has 14 heavy (non-hydrogen) atoms. The molecule has 78 valence electrons. The van der Waals surface area contributed by atoms with E-state index in [0.717, 1.165) is 6.26 Å². The minimum atomic E-state index is -1.27. The van der Waals surface area contributed by atoms with Crippen molar-refractivity contribution in [2.75, 3.05) is 0 Å². The molecule has 0 aliphatic carbocycles. The van der Waals surface area contributed by atoms with Crippen LogP contribution in [0.15, 0.2) is 12.0 Å². The molecule has 0 radical (unpaired) electrons. The van der Waals surface area contributed by atoms with E-state index in [4.69, 9.17) is 16.6 Å². The van der Waals surface area contributed by atoms with Gasteiger partial charge in [-0.05, 0) is 6.92 Å². The van der Waals surface area contributed by atoms with Crippen molar-refractivity contribution < 1.29 is 19.5 Å². The number of nitrogens with zero attached hydrogens (tertiary/aromatic N) is 1. The van der Waals surface area contributed by atoms with E-state index in [2.05, 4.69) is 4.84 Å². The average Bonchev–Trinajstić information content (AvgIpc) is 2.13. The van der Waals surface area contributed by atoms with Gasteiger partial charge in [0.15, 0.2) is 12.0 Å². The van der Waals surface area contributed by atoms with Crippen molar-refractivity contribution in [2.45, 2.75) is 19.0 Å². The maximum absolute atomic E-state index is 11.3. The van der Waals surface area contributed by atoms with Gasteiger partial charge in [-0.15, -0.1) is 5.06 Å². The number of nitrogens with two attached hydrogens (primary N) is 2. The van der Waals surface area contributed by atoms with E-state index in [1.54, 1.807) is 0 Å². The van der Waals surface area contributed by atoms with Crippen LogP contribution in [0.4, 0.5) is 0 Å². The number of rotatable bonds is 1. The fourth-order valence-electron chi connectivity index (χ4n) is 0.830. The van der Waals surface area contributed by atoms with Crippen LogP contribution in [0, 0.1) is 0 Å². The highest BCUT2D eigenvalue weighted by Crippen LogP contribution is 2.11. The van der Waals surface area contributed by atoms with E-state index in [1.165, 1.54) is 6.92 Å². The third kappa shape index (κ3) is 1.68. The molecule has 0 fully saturated rings. The van der Waals surface area contributed by atoms with Crippen LogP contribution < -0.4 is 11.5 Å². The maximum Gasteiger partial charge on any atom is 0.287 e. The second-order valence-corrected chi connectivity index (χ2v) is 2.89. The first-order chi connectivity index (χ1) is 6.45. The molecule has 0 saturated heterocycles. The molecule has 0 saturated carbocycles. The van der Waals surface area contributed by atoms with Gasteiger partial charge in [0.1, 0.15) is 6.04 Å². The quantitative estimate of drug-likeness (QED) is 0.468. The number of aliphatic hydroxyl groups excluding tert-OH is 1. The Morgan fingerprint density at radius 2 is 2.36 bits per heavy atom. The summed E-state index contributed by atoms with van der Waals surface area (Å²) in [6.07, 6.45) is 0.826. The normalized spacial score (nSPS) is 23.9. The number of hydrogen-bond acceptors (Lipinski definition) is 6. The highest BCUT2D eigenvalue weighted by atomic mass is 16.7. The van der Waals surface area contributed by atoms with Gasteiger partial charge in [0.25, 0.3) is 11.8 Å². The Labute approximate surface area is 79.9 Å². The van der Waals surface area contributed by atoms with Gasteiger partial charge in [0, 0.05) is 0 Å². The Morgan fingerprint density at radius 1 is 1.79 bits per heavy atom. The summed E-state index contributed by atoms with van der Waals surface area (Å²) in [7, 11) is 0. The van der Waals surface area contributed by atoms with Gasteiger partial charge in [0.05, 0.1) is 6.04 Å². The Balaban J connectivity index is 2.85. The summed E-state index contributed by atoms with van der Waals surface area (Å²) in [6.45, 7) is 1.41. The van der Waals surface area contributed by atoms with Gasteiger partial charge >= 0.3 is 0 Å². The number of hydroxylamine groups is 2. The number of hydrogen-bond donors (Lipinski definition) is 3. The van der Waals surface area contributed by atoms with Gasteiger partial charge in [-0.25, -0.2) is 0 Å². The second kappa shape index (κ2) is 3.64. The largest absolute Gasteiger partial charge is 0.507 e. The maximum atomic E-state index is 11.3. The lowest BCUT2D eigenvalue weighted by Gasteiger charge is -2.26. The molecule has 2 atom stereocenters. The summed E-state index contributed by atoms with van der Waals surface area (Å²) in [4.78, 5) is 27.1. The molecular weight excluding hydrogens is 190 g/mol. The molecule has 0 spiro atoms. The number of imide groups is 1. The van der Waals surface area contributed by atoms with Crippen LogP contribution in [0.2, 0.25) is 0 Å². The first kappa shape index (κ1) is 10.5. The number of amides is 2. The number of carbonyl (C=O) groups excluding carboxylic acids is 2. The van der Waals surface area contributed by atoms with Crippen molar-refractivity contribution in [1.29, 1.82) is 0 Å². The predicted octanol–water partition coefficient (Wildman–Crippen LogP) is -1.64. The standard InChI is InChI=1S/C7H11N3O4/c1-3(8)6(12)10-7(13)5(9)4(11)2-14-10/h2-3,5,11H,8-9H2,1H3/t3-,5?/m0/s1. The first-order valence-corrected chi connectivity index (χ1v) is 3.90. The molecule has 0 aromatic rings. The first-order valence-electron chi connectivity index (χ1n) is 3.90. The third-order valence-corrected chi connectivity index (χ3v) is 1.65. The molecule has 1 aliphatic heterocycles. The van der Waals surface area contributed by atoms with Crippen LogP contribution in [0.3, 0.4) is 0 Å². The molecule has 7 nitrogen and oxygen atoms in total. The van der Waals surface area contributed by atoms with Crippen molar-refractivity contribution in [3.63, 3.8) is 0 Å². The third-order valence-electron chi connectivity index (χ3n) is 1.65. The van der Waals surface area contributed by atoms with E-state index < -0.39 is 29.7 Å². The van der Waals surface area contributed by atoms with Crippen molar-refractivity contribution in [2.24, 2.45) is 11.5 Å². The van der Waals surface area contributed by atoms with E-state index >= 15 is 0 Å². The molecule has 1 heterocycles. The van der Waals surface area contributed by atoms with Crippen molar-refractivity contribution in [3.8, 4) is 0 Å². The average molecular weight is 201 g/mol. The van der Waals surface area contributed by atoms with Crippen molar-refractivity contribution in [1.82, 2.24) is 5.06 Å². The minimum Gasteiger partial charge on any atom is -0.507 e. The smallest absolute Gasteiger partial charge is 0.287 e. The molecule has 1 rings (SSSR count). The van der Waals surface area contributed by atoms with Crippen LogP contribution in [-0.4, -0.2) is 34.1 Å². The van der Waals surface area contributed by atoms with Crippen molar-refractivity contribution in [3.05, 3.63) is 12.0 Å². The predicted molar refractivity (Wildman–Crippen MR) is 45.3 cm³/mol. The molecule has 5 N–H and O–H groups in total. The topological polar surface area (TPSA) is 119 Å². The molecule has 0 bridgehead atoms. The second-order valence-electron chi connectivity index (χ2n) is 2.89. The van der Waals surface area contributed by atoms with E-state index in [9.17, 15) is 9.59 Å². The van der Waals surface area contributed by atoms with Gasteiger partial charge in [-0.3, -0.25) is 9.59 Å². The van der Waals surface area contributed by atoms with Gasteiger partial charge in [0.2, 0.25) is 0 Å². The van der Waals surface area contributed by atoms with Crippen molar-refractivity contribution >= 4 is 11.8 Å². The zero-order chi connectivity index (χ0) is 10.9. The summed E-state index contributed by atoms with van der Waals surface area (Å²) in [5, 5.41) is 9.45. The molecule has 7 heteroatoms. The van der Waals surface area contributed by atoms with Gasteiger partial charge in [-0.2, -0.15) is 0 Å². The summed E-state index contributed by atoms with van der Waals surface area (Å²) >= 11 is 0. The monoisotopic (exact) mass is 201 g/mol. The summed E-state index contributed by atoms with van der Waals surface area (Å²) in [6, 6.07) is -2.15. The van der Waals surface area contributed by atoms with Crippen LogP contribution in [0.25, 0.3) is 0 Å². The molecule has 1 aliphatic rings. The molecule has 0 aromatic carbocycles. The molecule has 0 aromatic heterocycles. The Kier molecular flexibility index (Phi) is 2.73. The van der Waals surface area contributed by atoms with Gasteiger partial charge < -0.3 is 21.4 Å². The van der Waals surface area contributed by atoms with Crippen LogP contribution in [0.1, 0.15) is 6.92 Å². The highest BCUT2D eigenvalue weighted by Gasteiger charge is 2.35. The number of carbonyl (C=O) groups is 2. The van der Waals surface area contributed by atoms with E-state index in [1.807, 2.05) is 0 Å². The van der Waals surface area contributed by atoms with E-state index in [-0.39, 0.29) is 0 Å². The minimum absolute atomic E-state index is 0.427. The fourth-order valence-corrected chi connectivity index (χ4v) is 0.830. The summed E-state index contributed by atoms with van der Waals surface area (Å²) < 4.78 is 0. The molecule has 2 amide bonds. The van der Waals surface area contributed by atoms with Gasteiger partial charge in [-0.1, -0.05) is 0 Å². The Hall–Kier alpha value is -1.60. The lowest BCUT2D eigenvalue weighted by Crippen LogP contribution is -2.53. The summed E-state index contributed by atoms with van der Waals surface area (Å²) in [5.74, 6) is -1.98. The molecule has 1 unspecified atom stereocenters. The summed E-state index contributed by atoms with van der Waals surface area (Å²) in [5.41, 5.74) is 10.5. The Bertz CT molecular complexity index is 299. The van der Waals surface area contributed by atoms with Crippen LogP contribution in [-0.2, 0) is 14.4 Å². The van der Waals surface area contributed by atoms with E-state index in [0.29, 0.717) is 5.06 Å². The zero-order valence-electron chi connectivity index (χ0n) is 7.51. The SMILES string of the molecule is C[C@H](N)C(=O)N1OC=C(O)C(N)C1=O. The lowest BCUT2D eigenvalue weighted by molar-refractivity contribution is -0.186. The lowest BCUT2D eigenvalue weighted by atomic mass is 10.2. The molecular formula is C7H11N3O4. The van der Waals surface area contributed by atoms with Crippen LogP contribution in [0.5, 0.6) is 0 Å².